The Labute approximate surface area is 162 Å². The Kier molecular flexibility index (Phi) is 4.76. The number of amides is 1. The number of aromatic nitrogens is 2. The van der Waals surface area contributed by atoms with Crippen LogP contribution in [-0.2, 0) is 6.42 Å². The molecule has 1 N–H and O–H groups in total. The molecule has 0 aliphatic carbocycles. The molecule has 4 aromatic rings. The second-order valence-corrected chi connectivity index (χ2v) is 6.52. The number of fused-ring (bicyclic) bond motifs is 1. The van der Waals surface area contributed by atoms with Gasteiger partial charge in [-0.2, -0.15) is 0 Å². The molecule has 0 saturated carbocycles. The molecule has 3 aromatic carbocycles. The van der Waals surface area contributed by atoms with Crippen LogP contribution >= 0.6 is 0 Å². The Morgan fingerprint density at radius 1 is 1.04 bits per heavy atom. The number of rotatable bonds is 5. The SMILES string of the molecule is COc1cc2ccccc2cc1C(=O)Nc1nnc(Cc2ccc(C)cc2)o1. The minimum absolute atomic E-state index is 0.0577. The molecule has 0 bridgehead atoms. The van der Waals surface area contributed by atoms with Gasteiger partial charge >= 0.3 is 6.01 Å². The molecule has 1 amide bonds. The van der Waals surface area contributed by atoms with Crippen molar-refractivity contribution in [2.24, 2.45) is 0 Å². The average Bonchev–Trinajstić information content (AvgIpc) is 3.15. The van der Waals surface area contributed by atoms with Gasteiger partial charge in [0, 0.05) is 0 Å². The summed E-state index contributed by atoms with van der Waals surface area (Å²) < 4.78 is 11.0. The number of aryl methyl sites for hydroxylation is 1. The molecule has 140 valence electrons. The number of carbonyl (C=O) groups is 1. The second-order valence-electron chi connectivity index (χ2n) is 6.52. The van der Waals surface area contributed by atoms with Crippen LogP contribution in [0, 0.1) is 6.92 Å². The monoisotopic (exact) mass is 373 g/mol. The first-order valence-electron chi connectivity index (χ1n) is 8.88. The van der Waals surface area contributed by atoms with Crippen molar-refractivity contribution in [2.75, 3.05) is 12.4 Å². The lowest BCUT2D eigenvalue weighted by molar-refractivity contribution is 0.102. The first-order chi connectivity index (χ1) is 13.6. The summed E-state index contributed by atoms with van der Waals surface area (Å²) in [5.74, 6) is 0.549. The van der Waals surface area contributed by atoms with Gasteiger partial charge in [0.2, 0.25) is 5.89 Å². The van der Waals surface area contributed by atoms with Gasteiger partial charge in [-0.1, -0.05) is 59.2 Å². The lowest BCUT2D eigenvalue weighted by atomic mass is 10.1. The van der Waals surface area contributed by atoms with Crippen molar-refractivity contribution in [3.05, 3.63) is 83.2 Å². The highest BCUT2D eigenvalue weighted by Crippen LogP contribution is 2.26. The van der Waals surface area contributed by atoms with E-state index in [4.69, 9.17) is 9.15 Å². The van der Waals surface area contributed by atoms with Crippen LogP contribution in [0.15, 0.2) is 65.1 Å². The number of carbonyl (C=O) groups excluding carboxylic acids is 1. The second kappa shape index (κ2) is 7.52. The lowest BCUT2D eigenvalue weighted by Gasteiger charge is -2.09. The van der Waals surface area contributed by atoms with E-state index in [0.29, 0.717) is 23.6 Å². The predicted molar refractivity (Wildman–Crippen MR) is 107 cm³/mol. The standard InChI is InChI=1S/C22H19N3O3/c1-14-7-9-15(10-8-14)11-20-24-25-22(28-20)23-21(26)18-12-16-5-3-4-6-17(16)13-19(18)27-2/h3-10,12-13H,11H2,1-2H3,(H,23,25,26). The van der Waals surface area contributed by atoms with E-state index in [1.165, 1.54) is 12.7 Å². The summed E-state index contributed by atoms with van der Waals surface area (Å²) in [6, 6.07) is 19.5. The number of nitrogens with zero attached hydrogens (tertiary/aromatic N) is 2. The number of hydrogen-bond acceptors (Lipinski definition) is 5. The van der Waals surface area contributed by atoms with E-state index in [1.54, 1.807) is 6.07 Å². The normalized spacial score (nSPS) is 10.8. The fraction of sp³-hybridized carbons (Fsp3) is 0.136. The Hall–Kier alpha value is -3.67. The zero-order chi connectivity index (χ0) is 19.5. The van der Waals surface area contributed by atoms with Crippen LogP contribution in [0.1, 0.15) is 27.4 Å². The van der Waals surface area contributed by atoms with E-state index >= 15 is 0 Å². The third-order valence-electron chi connectivity index (χ3n) is 4.48. The van der Waals surface area contributed by atoms with E-state index in [-0.39, 0.29) is 11.9 Å². The molecule has 0 unspecified atom stereocenters. The van der Waals surface area contributed by atoms with E-state index < -0.39 is 0 Å². The lowest BCUT2D eigenvalue weighted by Crippen LogP contribution is -2.13. The molecule has 0 saturated heterocycles. The minimum Gasteiger partial charge on any atom is -0.496 e. The highest BCUT2D eigenvalue weighted by Gasteiger charge is 2.17. The molecule has 0 atom stereocenters. The van der Waals surface area contributed by atoms with E-state index in [0.717, 1.165) is 16.3 Å². The fourth-order valence-electron chi connectivity index (χ4n) is 2.99. The van der Waals surface area contributed by atoms with Crippen molar-refractivity contribution in [1.29, 1.82) is 0 Å². The Balaban J connectivity index is 1.53. The number of ether oxygens (including phenoxy) is 1. The maximum atomic E-state index is 12.7. The Morgan fingerprint density at radius 2 is 1.75 bits per heavy atom. The van der Waals surface area contributed by atoms with Crippen LogP contribution in [0.25, 0.3) is 10.8 Å². The van der Waals surface area contributed by atoms with Crippen molar-refractivity contribution >= 4 is 22.7 Å². The largest absolute Gasteiger partial charge is 0.496 e. The van der Waals surface area contributed by atoms with Crippen molar-refractivity contribution in [3.63, 3.8) is 0 Å². The number of benzene rings is 3. The first-order valence-corrected chi connectivity index (χ1v) is 8.88. The smallest absolute Gasteiger partial charge is 0.322 e. The summed E-state index contributed by atoms with van der Waals surface area (Å²) in [7, 11) is 1.53. The molecule has 0 aliphatic rings. The van der Waals surface area contributed by atoms with Gasteiger partial charge in [0.15, 0.2) is 0 Å². The third-order valence-corrected chi connectivity index (χ3v) is 4.48. The zero-order valence-corrected chi connectivity index (χ0v) is 15.6. The van der Waals surface area contributed by atoms with Crippen LogP contribution in [0.3, 0.4) is 0 Å². The van der Waals surface area contributed by atoms with Gasteiger partial charge in [-0.05, 0) is 35.4 Å². The highest BCUT2D eigenvalue weighted by molar-refractivity contribution is 6.07. The number of hydrogen-bond donors (Lipinski definition) is 1. The Bertz CT molecular complexity index is 1130. The van der Waals surface area contributed by atoms with E-state index in [1.807, 2.05) is 61.5 Å². The maximum Gasteiger partial charge on any atom is 0.322 e. The predicted octanol–water partition coefficient (Wildman–Crippen LogP) is 4.38. The molecule has 1 aromatic heterocycles. The van der Waals surface area contributed by atoms with Gasteiger partial charge in [-0.3, -0.25) is 10.1 Å². The zero-order valence-electron chi connectivity index (χ0n) is 15.6. The topological polar surface area (TPSA) is 77.2 Å². The maximum absolute atomic E-state index is 12.7. The van der Waals surface area contributed by atoms with Crippen molar-refractivity contribution in [3.8, 4) is 5.75 Å². The van der Waals surface area contributed by atoms with Crippen LogP contribution < -0.4 is 10.1 Å². The Morgan fingerprint density at radius 3 is 2.46 bits per heavy atom. The summed E-state index contributed by atoms with van der Waals surface area (Å²) in [6.07, 6.45) is 0.502. The molecular weight excluding hydrogens is 354 g/mol. The first kappa shape index (κ1) is 17.7. The molecule has 0 fully saturated rings. The summed E-state index contributed by atoms with van der Waals surface area (Å²) in [6.45, 7) is 2.03. The van der Waals surface area contributed by atoms with E-state index in [9.17, 15) is 4.79 Å². The molecule has 0 spiro atoms. The number of methoxy groups -OCH3 is 1. The van der Waals surface area contributed by atoms with Crippen LogP contribution in [0.4, 0.5) is 6.01 Å². The van der Waals surface area contributed by atoms with Gasteiger partial charge < -0.3 is 9.15 Å². The van der Waals surface area contributed by atoms with Gasteiger partial charge in [0.1, 0.15) is 5.75 Å². The van der Waals surface area contributed by atoms with Gasteiger partial charge in [0.05, 0.1) is 19.1 Å². The third kappa shape index (κ3) is 3.71. The molecule has 28 heavy (non-hydrogen) atoms. The van der Waals surface area contributed by atoms with Crippen molar-refractivity contribution < 1.29 is 13.9 Å². The number of anilines is 1. The molecular formula is C22H19N3O3. The van der Waals surface area contributed by atoms with Crippen LogP contribution in [-0.4, -0.2) is 23.2 Å². The van der Waals surface area contributed by atoms with Crippen LogP contribution in [0.2, 0.25) is 0 Å². The molecule has 6 heteroatoms. The minimum atomic E-state index is -0.367. The summed E-state index contributed by atoms with van der Waals surface area (Å²) >= 11 is 0. The van der Waals surface area contributed by atoms with Crippen LogP contribution in [0.5, 0.6) is 5.75 Å². The average molecular weight is 373 g/mol. The summed E-state index contributed by atoms with van der Waals surface area (Å²) in [5.41, 5.74) is 2.65. The van der Waals surface area contributed by atoms with E-state index in [2.05, 4.69) is 15.5 Å². The quantitative estimate of drug-likeness (QED) is 0.562. The fourth-order valence-corrected chi connectivity index (χ4v) is 2.99. The molecule has 4 rings (SSSR count). The van der Waals surface area contributed by atoms with Crippen molar-refractivity contribution in [2.45, 2.75) is 13.3 Å². The molecule has 1 heterocycles. The molecule has 6 nitrogen and oxygen atoms in total. The molecule has 0 radical (unpaired) electrons. The van der Waals surface area contributed by atoms with Gasteiger partial charge in [-0.15, -0.1) is 5.10 Å². The van der Waals surface area contributed by atoms with Crippen molar-refractivity contribution in [1.82, 2.24) is 10.2 Å². The molecule has 0 aliphatic heterocycles. The number of nitrogens with one attached hydrogen (secondary N) is 1. The highest BCUT2D eigenvalue weighted by atomic mass is 16.5. The summed E-state index contributed by atoms with van der Waals surface area (Å²) in [5, 5.41) is 12.5. The van der Waals surface area contributed by atoms with Gasteiger partial charge in [-0.25, -0.2) is 0 Å². The van der Waals surface area contributed by atoms with Gasteiger partial charge in [0.25, 0.3) is 5.91 Å². The summed E-state index contributed by atoms with van der Waals surface area (Å²) in [4.78, 5) is 12.7.